The molecule has 0 atom stereocenters. The van der Waals surface area contributed by atoms with Crippen LogP contribution in [0.25, 0.3) is 11.0 Å². The zero-order valence-electron chi connectivity index (χ0n) is 17.9. The van der Waals surface area contributed by atoms with E-state index < -0.39 is 5.97 Å². The van der Waals surface area contributed by atoms with Gasteiger partial charge in [0.05, 0.1) is 12.7 Å². The molecule has 4 rings (SSSR count). The summed E-state index contributed by atoms with van der Waals surface area (Å²) in [5.74, 6) is 0.653. The van der Waals surface area contributed by atoms with Gasteiger partial charge >= 0.3 is 5.97 Å². The van der Waals surface area contributed by atoms with Crippen LogP contribution in [0, 0.1) is 13.8 Å². The van der Waals surface area contributed by atoms with Crippen molar-refractivity contribution in [2.24, 2.45) is 0 Å². The average Bonchev–Trinajstić information content (AvgIpc) is 3.37. The number of aryl methyl sites for hydroxylation is 2. The maximum absolute atomic E-state index is 12.6. The van der Waals surface area contributed by atoms with Crippen LogP contribution in [0.3, 0.4) is 0 Å². The van der Waals surface area contributed by atoms with Gasteiger partial charge in [0.2, 0.25) is 6.79 Å². The van der Waals surface area contributed by atoms with E-state index >= 15 is 0 Å². The molecule has 0 radical (unpaired) electrons. The molecule has 0 spiro atoms. The number of fused-ring (bicyclic) bond motifs is 2. The normalized spacial score (nSPS) is 12.2. The first-order valence-electron chi connectivity index (χ1n) is 10.2. The Hall–Kier alpha value is -3.48. The lowest BCUT2D eigenvalue weighted by Crippen LogP contribution is -2.34. The Morgan fingerprint density at radius 1 is 1.06 bits per heavy atom. The minimum absolute atomic E-state index is 0.0526. The Balaban J connectivity index is 1.34. The molecule has 1 aliphatic heterocycles. The molecule has 7 heteroatoms. The summed E-state index contributed by atoms with van der Waals surface area (Å²) < 4.78 is 21.5. The van der Waals surface area contributed by atoms with Crippen LogP contribution in [-0.4, -0.2) is 36.7 Å². The van der Waals surface area contributed by atoms with Crippen molar-refractivity contribution in [3.63, 3.8) is 0 Å². The molecule has 3 aromatic rings. The summed E-state index contributed by atoms with van der Waals surface area (Å²) in [5, 5.41) is 0.893. The molecular weight excluding hydrogens is 398 g/mol. The predicted octanol–water partition coefficient (Wildman–Crippen LogP) is 3.91. The number of benzene rings is 2. The van der Waals surface area contributed by atoms with Gasteiger partial charge in [-0.25, -0.2) is 0 Å². The van der Waals surface area contributed by atoms with Crippen LogP contribution in [0.1, 0.15) is 29.2 Å². The molecule has 0 aliphatic carbocycles. The van der Waals surface area contributed by atoms with Gasteiger partial charge in [-0.05, 0) is 61.7 Å². The van der Waals surface area contributed by atoms with Crippen LogP contribution >= 0.6 is 0 Å². The number of esters is 1. The maximum atomic E-state index is 12.6. The number of ether oxygens (including phenoxy) is 3. The summed E-state index contributed by atoms with van der Waals surface area (Å²) in [5.41, 5.74) is 4.66. The van der Waals surface area contributed by atoms with Gasteiger partial charge in [-0.2, -0.15) is 0 Å². The summed E-state index contributed by atoms with van der Waals surface area (Å²) in [6.45, 7) is 6.71. The lowest BCUT2D eigenvalue weighted by Gasteiger charge is -2.21. The number of furan rings is 1. The van der Waals surface area contributed by atoms with Crippen molar-refractivity contribution in [3.05, 3.63) is 58.8 Å². The molecule has 31 heavy (non-hydrogen) atoms. The van der Waals surface area contributed by atoms with Crippen LogP contribution in [-0.2, 0) is 27.3 Å². The Labute approximate surface area is 180 Å². The number of likely N-dealkylation sites (N-methyl/N-ethyl adjacent to an activating group) is 1. The van der Waals surface area contributed by atoms with Crippen LogP contribution in [0.5, 0.6) is 11.5 Å². The first-order valence-corrected chi connectivity index (χ1v) is 10.2. The second kappa shape index (κ2) is 8.71. The van der Waals surface area contributed by atoms with Crippen LogP contribution < -0.4 is 9.47 Å². The molecule has 2 heterocycles. The van der Waals surface area contributed by atoms with E-state index in [1.165, 1.54) is 0 Å². The fraction of sp³-hybridized carbons (Fsp3) is 0.333. The Morgan fingerprint density at radius 3 is 2.65 bits per heavy atom. The Kier molecular flexibility index (Phi) is 5.84. The van der Waals surface area contributed by atoms with Crippen LogP contribution in [0.15, 0.2) is 41.0 Å². The molecule has 0 unspecified atom stereocenters. The molecule has 0 N–H and O–H groups in total. The van der Waals surface area contributed by atoms with E-state index in [0.29, 0.717) is 24.6 Å². The molecule has 162 valence electrons. The molecule has 0 bridgehead atoms. The quantitative estimate of drug-likeness (QED) is 0.536. The number of nitrogens with zero attached hydrogens (tertiary/aromatic N) is 1. The molecule has 0 saturated heterocycles. The molecule has 7 nitrogen and oxygen atoms in total. The standard InChI is InChI=1S/C24H25NO6/c1-4-25(11-17-5-6-20-22(9-17)31-14-30-20)23(26)13-29-24(27)10-18-12-28-21-8-16(3)15(2)7-19(18)21/h5-9,12H,4,10-11,13-14H2,1-3H3. The summed E-state index contributed by atoms with van der Waals surface area (Å²) in [6, 6.07) is 9.54. The van der Waals surface area contributed by atoms with Crippen molar-refractivity contribution in [3.8, 4) is 11.5 Å². The fourth-order valence-electron chi connectivity index (χ4n) is 3.55. The molecule has 1 aliphatic rings. The van der Waals surface area contributed by atoms with Gasteiger partial charge in [-0.15, -0.1) is 0 Å². The van der Waals surface area contributed by atoms with Gasteiger partial charge in [0, 0.05) is 24.0 Å². The second-order valence-electron chi connectivity index (χ2n) is 7.63. The monoisotopic (exact) mass is 423 g/mol. The van der Waals surface area contributed by atoms with Gasteiger partial charge in [0.15, 0.2) is 18.1 Å². The highest BCUT2D eigenvalue weighted by Gasteiger charge is 2.19. The highest BCUT2D eigenvalue weighted by atomic mass is 16.7. The third kappa shape index (κ3) is 4.50. The molecular formula is C24H25NO6. The first-order chi connectivity index (χ1) is 14.9. The van der Waals surface area contributed by atoms with E-state index in [-0.39, 0.29) is 25.7 Å². The maximum Gasteiger partial charge on any atom is 0.310 e. The lowest BCUT2D eigenvalue weighted by molar-refractivity contribution is -0.151. The topological polar surface area (TPSA) is 78.2 Å². The number of rotatable bonds is 7. The number of hydrogen-bond donors (Lipinski definition) is 0. The molecule has 1 aromatic heterocycles. The fourth-order valence-corrected chi connectivity index (χ4v) is 3.55. The second-order valence-corrected chi connectivity index (χ2v) is 7.63. The summed E-state index contributed by atoms with van der Waals surface area (Å²) >= 11 is 0. The van der Waals surface area contributed by atoms with E-state index in [1.54, 1.807) is 11.2 Å². The van der Waals surface area contributed by atoms with Gasteiger partial charge < -0.3 is 23.5 Å². The third-order valence-corrected chi connectivity index (χ3v) is 5.51. The number of amides is 1. The van der Waals surface area contributed by atoms with Crippen molar-refractivity contribution < 1.29 is 28.2 Å². The molecule has 0 fully saturated rings. The van der Waals surface area contributed by atoms with Gasteiger partial charge in [0.25, 0.3) is 5.91 Å². The number of hydrogen-bond acceptors (Lipinski definition) is 6. The largest absolute Gasteiger partial charge is 0.464 e. The van der Waals surface area contributed by atoms with Gasteiger partial charge in [-0.3, -0.25) is 9.59 Å². The van der Waals surface area contributed by atoms with Crippen molar-refractivity contribution in [2.75, 3.05) is 19.9 Å². The zero-order valence-corrected chi connectivity index (χ0v) is 17.9. The number of carbonyl (C=O) groups excluding carboxylic acids is 2. The Bertz CT molecular complexity index is 1130. The van der Waals surface area contributed by atoms with Crippen molar-refractivity contribution in [2.45, 2.75) is 33.7 Å². The van der Waals surface area contributed by atoms with E-state index in [2.05, 4.69) is 0 Å². The first kappa shape index (κ1) is 20.8. The lowest BCUT2D eigenvalue weighted by atomic mass is 10.0. The van der Waals surface area contributed by atoms with E-state index in [9.17, 15) is 9.59 Å². The van der Waals surface area contributed by atoms with Gasteiger partial charge in [0.1, 0.15) is 5.58 Å². The molecule has 2 aromatic carbocycles. The van der Waals surface area contributed by atoms with Crippen molar-refractivity contribution >= 4 is 22.8 Å². The minimum atomic E-state index is -0.464. The van der Waals surface area contributed by atoms with E-state index in [0.717, 1.165) is 33.2 Å². The smallest absolute Gasteiger partial charge is 0.310 e. The summed E-state index contributed by atoms with van der Waals surface area (Å²) in [7, 11) is 0. The van der Waals surface area contributed by atoms with Gasteiger partial charge in [-0.1, -0.05) is 6.07 Å². The zero-order chi connectivity index (χ0) is 22.0. The van der Waals surface area contributed by atoms with Crippen LogP contribution in [0.2, 0.25) is 0 Å². The molecule has 1 amide bonds. The SMILES string of the molecule is CCN(Cc1ccc2c(c1)OCO2)C(=O)COC(=O)Cc1coc2cc(C)c(C)cc12. The predicted molar refractivity (Wildman–Crippen MR) is 114 cm³/mol. The number of carbonyl (C=O) groups is 2. The van der Waals surface area contributed by atoms with Crippen molar-refractivity contribution in [1.82, 2.24) is 4.90 Å². The van der Waals surface area contributed by atoms with Crippen LogP contribution in [0.4, 0.5) is 0 Å². The minimum Gasteiger partial charge on any atom is -0.464 e. The van der Waals surface area contributed by atoms with Crippen molar-refractivity contribution in [1.29, 1.82) is 0 Å². The third-order valence-electron chi connectivity index (χ3n) is 5.51. The van der Waals surface area contributed by atoms with E-state index in [1.807, 2.05) is 51.1 Å². The highest BCUT2D eigenvalue weighted by Crippen LogP contribution is 2.32. The molecule has 0 saturated carbocycles. The highest BCUT2D eigenvalue weighted by molar-refractivity contribution is 5.87. The Morgan fingerprint density at radius 2 is 1.84 bits per heavy atom. The summed E-state index contributed by atoms with van der Waals surface area (Å²) in [6.07, 6.45) is 1.63. The average molecular weight is 423 g/mol. The van der Waals surface area contributed by atoms with E-state index in [4.69, 9.17) is 18.6 Å². The summed E-state index contributed by atoms with van der Waals surface area (Å²) in [4.78, 5) is 26.6.